The number of nitrogens with zero attached hydrogens (tertiary/aromatic N) is 2. The summed E-state index contributed by atoms with van der Waals surface area (Å²) in [5.74, 6) is -0.385. The van der Waals surface area contributed by atoms with Crippen LogP contribution in [0.25, 0.3) is 12.2 Å². The second kappa shape index (κ2) is 6.71. The molecule has 0 saturated heterocycles. The molecule has 0 N–H and O–H groups in total. The molecule has 1 aliphatic heterocycles. The lowest BCUT2D eigenvalue weighted by atomic mass is 9.99. The molecule has 2 heterocycles. The standard InChI is InChI=1S/C24H18N2O3/c1-15(18-9-3-2-4-10-18)26-23(27)21-19-12-11-16-7-5-6-8-17(13-16)14-20(19)29-22(21)25-24(26)28/h2-12,14-15H,13H2,1H3/t15-/m1/s1. The number of benzene rings is 1. The summed E-state index contributed by atoms with van der Waals surface area (Å²) in [6.45, 7) is 1.83. The highest BCUT2D eigenvalue weighted by Crippen LogP contribution is 2.26. The molecule has 3 aliphatic rings. The maximum Gasteiger partial charge on any atom is 0.354 e. The molecule has 5 nitrogen and oxygen atoms in total. The van der Waals surface area contributed by atoms with Crippen molar-refractivity contribution in [3.05, 3.63) is 99.5 Å². The van der Waals surface area contributed by atoms with E-state index in [0.29, 0.717) is 16.5 Å². The molecule has 0 radical (unpaired) electrons. The van der Waals surface area contributed by atoms with Crippen LogP contribution in [0.4, 0.5) is 4.79 Å². The van der Waals surface area contributed by atoms with Gasteiger partial charge in [0.2, 0.25) is 5.55 Å². The molecular weight excluding hydrogens is 364 g/mol. The average molecular weight is 382 g/mol. The van der Waals surface area contributed by atoms with E-state index in [1.54, 1.807) is 0 Å². The Morgan fingerprint density at radius 1 is 1.03 bits per heavy atom. The van der Waals surface area contributed by atoms with Crippen LogP contribution >= 0.6 is 0 Å². The Hall–Kier alpha value is -3.73. The number of imide groups is 1. The second-order valence-electron chi connectivity index (χ2n) is 7.24. The van der Waals surface area contributed by atoms with Gasteiger partial charge in [-0.25, -0.2) is 4.79 Å². The number of furan rings is 1. The fraction of sp³-hybridized carbons (Fsp3) is 0.125. The van der Waals surface area contributed by atoms with Gasteiger partial charge in [0.1, 0.15) is 11.0 Å². The fourth-order valence-electron chi connectivity index (χ4n) is 3.86. The van der Waals surface area contributed by atoms with E-state index >= 15 is 0 Å². The minimum atomic E-state index is -0.607. The van der Waals surface area contributed by atoms with Gasteiger partial charge < -0.3 is 4.42 Å². The number of rotatable bonds is 2. The number of carbonyl (C=O) groups is 2. The molecule has 29 heavy (non-hydrogen) atoms. The second-order valence-corrected chi connectivity index (χ2v) is 7.24. The first kappa shape index (κ1) is 17.4. The summed E-state index contributed by atoms with van der Waals surface area (Å²) in [6, 6.07) is 8.42. The Balaban J connectivity index is 1.66. The summed E-state index contributed by atoms with van der Waals surface area (Å²) in [6.07, 6.45) is 14.6. The molecule has 142 valence electrons. The zero-order valence-electron chi connectivity index (χ0n) is 15.8. The van der Waals surface area contributed by atoms with Gasteiger partial charge in [0.15, 0.2) is 0 Å². The van der Waals surface area contributed by atoms with E-state index in [4.69, 9.17) is 4.42 Å². The molecule has 1 atom stereocenters. The summed E-state index contributed by atoms with van der Waals surface area (Å²) >= 11 is 0. The molecule has 0 fully saturated rings. The third kappa shape index (κ3) is 2.91. The van der Waals surface area contributed by atoms with Crippen LogP contribution in [-0.4, -0.2) is 16.8 Å². The van der Waals surface area contributed by atoms with Crippen LogP contribution in [-0.2, 0) is 0 Å². The van der Waals surface area contributed by atoms with Gasteiger partial charge in [0, 0.05) is 5.56 Å². The van der Waals surface area contributed by atoms with Gasteiger partial charge in [-0.2, -0.15) is 4.99 Å². The van der Waals surface area contributed by atoms with Gasteiger partial charge >= 0.3 is 6.03 Å². The van der Waals surface area contributed by atoms with Gasteiger partial charge in [0.05, 0.1) is 6.04 Å². The number of hydrogen-bond acceptors (Lipinski definition) is 3. The number of urea groups is 1. The van der Waals surface area contributed by atoms with E-state index in [1.165, 1.54) is 4.90 Å². The van der Waals surface area contributed by atoms with E-state index in [2.05, 4.69) is 4.99 Å². The molecule has 0 unspecified atom stereocenters. The lowest BCUT2D eigenvalue weighted by molar-refractivity contribution is 0.0745. The van der Waals surface area contributed by atoms with Crippen LogP contribution in [0.3, 0.4) is 0 Å². The predicted molar refractivity (Wildman–Crippen MR) is 109 cm³/mol. The molecule has 1 aromatic carbocycles. The van der Waals surface area contributed by atoms with Crippen molar-refractivity contribution in [2.24, 2.45) is 4.99 Å². The molecule has 1 aromatic heterocycles. The van der Waals surface area contributed by atoms with Crippen LogP contribution in [0.15, 0.2) is 81.3 Å². The Kier molecular flexibility index (Phi) is 4.02. The smallest absolute Gasteiger partial charge is 0.354 e. The summed E-state index contributed by atoms with van der Waals surface area (Å²) in [7, 11) is 0. The van der Waals surface area contributed by atoms with Crippen molar-refractivity contribution in [2.45, 2.75) is 19.4 Å². The molecule has 2 aromatic rings. The topological polar surface area (TPSA) is 62.9 Å². The van der Waals surface area contributed by atoms with Crippen molar-refractivity contribution in [1.29, 1.82) is 0 Å². The maximum atomic E-state index is 13.4. The molecular formula is C24H18N2O3. The normalized spacial score (nSPS) is 18.3. The zero-order chi connectivity index (χ0) is 20.0. The number of allylic oxidation sites excluding steroid dienone is 7. The minimum absolute atomic E-state index is 0.0850. The van der Waals surface area contributed by atoms with E-state index in [-0.39, 0.29) is 11.5 Å². The fourth-order valence-corrected chi connectivity index (χ4v) is 3.86. The third-order valence-corrected chi connectivity index (χ3v) is 5.38. The first-order valence-corrected chi connectivity index (χ1v) is 9.52. The van der Waals surface area contributed by atoms with Gasteiger partial charge in [-0.05, 0) is 42.2 Å². The van der Waals surface area contributed by atoms with Crippen LogP contribution < -0.4 is 11.0 Å². The summed E-state index contributed by atoms with van der Waals surface area (Å²) in [4.78, 5) is 31.4. The van der Waals surface area contributed by atoms with Gasteiger partial charge in [0.25, 0.3) is 5.91 Å². The van der Waals surface area contributed by atoms with Gasteiger partial charge in [-0.3, -0.25) is 9.69 Å². The Labute approximate surface area is 167 Å². The van der Waals surface area contributed by atoms with E-state index in [9.17, 15) is 9.59 Å². The molecule has 2 aliphatic carbocycles. The average Bonchev–Trinajstić information content (AvgIpc) is 2.88. The van der Waals surface area contributed by atoms with Crippen LogP contribution in [0.5, 0.6) is 0 Å². The van der Waals surface area contributed by atoms with Crippen molar-refractivity contribution in [3.63, 3.8) is 0 Å². The molecule has 5 rings (SSSR count). The lowest BCUT2D eigenvalue weighted by Gasteiger charge is -2.27. The van der Waals surface area contributed by atoms with Gasteiger partial charge in [-0.1, -0.05) is 60.7 Å². The van der Waals surface area contributed by atoms with Crippen molar-refractivity contribution in [3.8, 4) is 0 Å². The van der Waals surface area contributed by atoms with Crippen molar-refractivity contribution in [1.82, 2.24) is 4.90 Å². The number of amides is 3. The molecule has 5 heteroatoms. The summed E-state index contributed by atoms with van der Waals surface area (Å²) in [5, 5.41) is 0. The molecule has 3 amide bonds. The SMILES string of the molecule is C[C@H](c1ccccc1)N1C(=O)N=c2oc3c(c2C1=O)C=CC1=CC=CC=C(C=3)C1. The van der Waals surface area contributed by atoms with Crippen molar-refractivity contribution in [2.75, 3.05) is 0 Å². The Morgan fingerprint density at radius 2 is 1.79 bits per heavy atom. The summed E-state index contributed by atoms with van der Waals surface area (Å²) in [5.41, 5.74) is 4.69. The Bertz CT molecular complexity index is 1270. The quantitative estimate of drug-likeness (QED) is 0.792. The minimum Gasteiger partial charge on any atom is -0.437 e. The first-order chi connectivity index (χ1) is 14.1. The van der Waals surface area contributed by atoms with Crippen molar-refractivity contribution >= 4 is 24.1 Å². The van der Waals surface area contributed by atoms with E-state index in [0.717, 1.165) is 23.1 Å². The van der Waals surface area contributed by atoms with Crippen LogP contribution in [0.2, 0.25) is 0 Å². The third-order valence-electron chi connectivity index (χ3n) is 5.38. The number of fused-ring (bicyclic) bond motifs is 5. The Morgan fingerprint density at radius 3 is 2.59 bits per heavy atom. The predicted octanol–water partition coefficient (Wildman–Crippen LogP) is 3.86. The highest BCUT2D eigenvalue weighted by atomic mass is 16.3. The first-order valence-electron chi connectivity index (χ1n) is 9.52. The number of hydrogen-bond donors (Lipinski definition) is 0. The molecule has 0 spiro atoms. The monoisotopic (exact) mass is 382 g/mol. The van der Waals surface area contributed by atoms with E-state index < -0.39 is 12.1 Å². The van der Waals surface area contributed by atoms with Crippen LogP contribution in [0.1, 0.15) is 40.9 Å². The van der Waals surface area contributed by atoms with Crippen LogP contribution in [0, 0.1) is 0 Å². The zero-order valence-corrected chi connectivity index (χ0v) is 15.8. The number of carbonyl (C=O) groups excluding carboxylic acids is 2. The van der Waals surface area contributed by atoms with E-state index in [1.807, 2.05) is 79.8 Å². The van der Waals surface area contributed by atoms with Crippen molar-refractivity contribution < 1.29 is 14.0 Å². The molecule has 2 bridgehead atoms. The summed E-state index contributed by atoms with van der Waals surface area (Å²) < 4.78 is 5.84. The highest BCUT2D eigenvalue weighted by molar-refractivity contribution is 6.08. The van der Waals surface area contributed by atoms with Gasteiger partial charge in [-0.15, -0.1) is 0 Å². The maximum absolute atomic E-state index is 13.4. The molecule has 0 saturated carbocycles. The highest BCUT2D eigenvalue weighted by Gasteiger charge is 2.36. The largest absolute Gasteiger partial charge is 0.437 e. The lowest BCUT2D eigenvalue weighted by Crippen LogP contribution is -2.43.